The van der Waals surface area contributed by atoms with E-state index in [9.17, 15) is 9.18 Å². The van der Waals surface area contributed by atoms with E-state index in [1.54, 1.807) is 24.3 Å². The first-order valence-corrected chi connectivity index (χ1v) is 8.36. The molecule has 2 aromatic carbocycles. The Morgan fingerprint density at radius 1 is 1.15 bits per heavy atom. The van der Waals surface area contributed by atoms with Gasteiger partial charge in [-0.1, -0.05) is 17.7 Å². The number of carbonyl (C=O) groups excluding carboxylic acids is 1. The van der Waals surface area contributed by atoms with E-state index in [1.807, 2.05) is 18.2 Å². The Hall–Kier alpha value is -2.79. The van der Waals surface area contributed by atoms with Gasteiger partial charge >= 0.3 is 0 Å². The van der Waals surface area contributed by atoms with Crippen LogP contribution in [0.4, 0.5) is 4.39 Å². The van der Waals surface area contributed by atoms with Gasteiger partial charge in [-0.3, -0.25) is 4.79 Å². The average molecular weight is 374 g/mol. The Balaban J connectivity index is 1.56. The van der Waals surface area contributed by atoms with Crippen molar-refractivity contribution in [2.24, 2.45) is 0 Å². The number of amides is 1. The zero-order chi connectivity index (χ0) is 18.5. The summed E-state index contributed by atoms with van der Waals surface area (Å²) in [6.45, 7) is 0.255. The second-order valence-electron chi connectivity index (χ2n) is 5.70. The second kappa shape index (κ2) is 8.06. The maximum atomic E-state index is 13.7. The van der Waals surface area contributed by atoms with Crippen LogP contribution < -0.4 is 10.1 Å². The molecule has 6 heteroatoms. The highest BCUT2D eigenvalue weighted by molar-refractivity contribution is 6.30. The van der Waals surface area contributed by atoms with Gasteiger partial charge < -0.3 is 14.5 Å². The van der Waals surface area contributed by atoms with Crippen molar-refractivity contribution in [2.75, 3.05) is 7.11 Å². The van der Waals surface area contributed by atoms with Crippen molar-refractivity contribution in [3.8, 4) is 17.1 Å². The third kappa shape index (κ3) is 4.43. The fourth-order valence-corrected chi connectivity index (χ4v) is 2.62. The molecule has 0 aliphatic rings. The number of methoxy groups -OCH3 is 1. The molecule has 1 aromatic heterocycles. The lowest BCUT2D eigenvalue weighted by molar-refractivity contribution is -0.120. The summed E-state index contributed by atoms with van der Waals surface area (Å²) in [5.74, 6) is 0.766. The smallest absolute Gasteiger partial charge is 0.224 e. The minimum Gasteiger partial charge on any atom is -0.494 e. The third-order valence-corrected chi connectivity index (χ3v) is 4.08. The second-order valence-corrected chi connectivity index (χ2v) is 6.13. The highest BCUT2D eigenvalue weighted by atomic mass is 35.5. The molecule has 3 aromatic rings. The van der Waals surface area contributed by atoms with Crippen LogP contribution >= 0.6 is 11.6 Å². The van der Waals surface area contributed by atoms with Crippen LogP contribution in [0.15, 0.2) is 59.0 Å². The number of carbonyl (C=O) groups is 1. The summed E-state index contributed by atoms with van der Waals surface area (Å²) in [5, 5.41) is 3.42. The molecular weight excluding hydrogens is 357 g/mol. The monoisotopic (exact) mass is 373 g/mol. The molecule has 134 valence electrons. The van der Waals surface area contributed by atoms with Gasteiger partial charge in [-0.25, -0.2) is 4.39 Å². The normalized spacial score (nSPS) is 10.6. The lowest BCUT2D eigenvalue weighted by atomic mass is 10.1. The van der Waals surface area contributed by atoms with Gasteiger partial charge in [0.2, 0.25) is 5.91 Å². The molecule has 0 spiro atoms. The Morgan fingerprint density at radius 3 is 2.62 bits per heavy atom. The summed E-state index contributed by atoms with van der Waals surface area (Å²) in [5.41, 5.74) is 1.47. The van der Waals surface area contributed by atoms with Gasteiger partial charge in [0.15, 0.2) is 11.6 Å². The minimum absolute atomic E-state index is 0.0751. The van der Waals surface area contributed by atoms with Gasteiger partial charge in [-0.05, 0) is 54.1 Å². The van der Waals surface area contributed by atoms with Crippen molar-refractivity contribution in [2.45, 2.75) is 13.0 Å². The first kappa shape index (κ1) is 18.0. The molecule has 0 bridgehead atoms. The van der Waals surface area contributed by atoms with Crippen LogP contribution in [0.5, 0.6) is 5.75 Å². The number of furan rings is 1. The molecule has 0 aliphatic heterocycles. The van der Waals surface area contributed by atoms with Crippen LogP contribution in [0.1, 0.15) is 11.3 Å². The summed E-state index contributed by atoms with van der Waals surface area (Å²) < 4.78 is 24.2. The van der Waals surface area contributed by atoms with Crippen molar-refractivity contribution in [1.29, 1.82) is 0 Å². The Morgan fingerprint density at radius 2 is 1.92 bits per heavy atom. The number of benzene rings is 2. The zero-order valence-electron chi connectivity index (χ0n) is 14.1. The Bertz CT molecular complexity index is 906. The Kier molecular flexibility index (Phi) is 5.58. The molecule has 0 radical (unpaired) electrons. The van der Waals surface area contributed by atoms with Gasteiger partial charge in [-0.15, -0.1) is 0 Å². The molecular formula is C20H17ClFNO3. The zero-order valence-corrected chi connectivity index (χ0v) is 14.8. The molecule has 26 heavy (non-hydrogen) atoms. The lowest BCUT2D eigenvalue weighted by Gasteiger charge is -2.06. The maximum Gasteiger partial charge on any atom is 0.224 e. The first-order valence-electron chi connectivity index (χ1n) is 7.99. The van der Waals surface area contributed by atoms with Gasteiger partial charge in [0.25, 0.3) is 0 Å². The molecule has 0 aliphatic carbocycles. The van der Waals surface area contributed by atoms with Gasteiger partial charge in [0.05, 0.1) is 20.1 Å². The number of hydrogen-bond acceptors (Lipinski definition) is 3. The first-order chi connectivity index (χ1) is 12.5. The van der Waals surface area contributed by atoms with E-state index >= 15 is 0 Å². The van der Waals surface area contributed by atoms with Crippen molar-refractivity contribution >= 4 is 17.5 Å². The fourth-order valence-electron chi connectivity index (χ4n) is 2.50. The molecule has 1 heterocycles. The quantitative estimate of drug-likeness (QED) is 0.686. The van der Waals surface area contributed by atoms with Crippen molar-refractivity contribution in [3.05, 3.63) is 76.8 Å². The average Bonchev–Trinajstić information content (AvgIpc) is 3.10. The number of nitrogens with one attached hydrogen (secondary N) is 1. The summed E-state index contributed by atoms with van der Waals surface area (Å²) >= 11 is 5.87. The molecule has 0 saturated heterocycles. The molecule has 0 unspecified atom stereocenters. The van der Waals surface area contributed by atoms with Crippen molar-refractivity contribution in [1.82, 2.24) is 5.32 Å². The van der Waals surface area contributed by atoms with Crippen molar-refractivity contribution in [3.63, 3.8) is 0 Å². The molecule has 1 amide bonds. The molecule has 1 N–H and O–H groups in total. The van der Waals surface area contributed by atoms with Crippen LogP contribution in [0.2, 0.25) is 5.02 Å². The summed E-state index contributed by atoms with van der Waals surface area (Å²) in [7, 11) is 1.40. The number of rotatable bonds is 6. The third-order valence-electron chi connectivity index (χ3n) is 3.83. The SMILES string of the molecule is COc1ccc(CC(=O)NCc2ccc(-c3ccc(Cl)cc3)o2)cc1F. The van der Waals surface area contributed by atoms with Crippen LogP contribution in [0.3, 0.4) is 0 Å². The molecule has 0 atom stereocenters. The van der Waals surface area contributed by atoms with E-state index < -0.39 is 5.82 Å². The topological polar surface area (TPSA) is 51.5 Å². The van der Waals surface area contributed by atoms with Crippen LogP contribution in [-0.2, 0) is 17.8 Å². The lowest BCUT2D eigenvalue weighted by Crippen LogP contribution is -2.24. The summed E-state index contributed by atoms with van der Waals surface area (Å²) in [6.07, 6.45) is 0.0751. The predicted molar refractivity (Wildman–Crippen MR) is 97.7 cm³/mol. The molecule has 4 nitrogen and oxygen atoms in total. The number of ether oxygens (including phenoxy) is 1. The number of halogens is 2. The van der Waals surface area contributed by atoms with Gasteiger partial charge in [0.1, 0.15) is 11.5 Å². The van der Waals surface area contributed by atoms with E-state index in [1.165, 1.54) is 19.2 Å². The predicted octanol–water partition coefficient (Wildman–Crippen LogP) is 4.61. The van der Waals surface area contributed by atoms with Crippen LogP contribution in [-0.4, -0.2) is 13.0 Å². The van der Waals surface area contributed by atoms with E-state index in [-0.39, 0.29) is 24.6 Å². The van der Waals surface area contributed by atoms with Crippen LogP contribution in [0.25, 0.3) is 11.3 Å². The largest absolute Gasteiger partial charge is 0.494 e. The molecule has 0 fully saturated rings. The van der Waals surface area contributed by atoms with E-state index in [0.29, 0.717) is 22.1 Å². The van der Waals surface area contributed by atoms with E-state index in [2.05, 4.69) is 5.32 Å². The highest BCUT2D eigenvalue weighted by Gasteiger charge is 2.09. The van der Waals surface area contributed by atoms with Crippen molar-refractivity contribution < 1.29 is 18.3 Å². The standard InChI is InChI=1S/C20H17ClFNO3/c1-25-19-8-2-13(10-17(19)22)11-20(24)23-12-16-7-9-18(26-16)14-3-5-15(21)6-4-14/h2-10H,11-12H2,1H3,(H,23,24). The van der Waals surface area contributed by atoms with E-state index in [0.717, 1.165) is 5.56 Å². The highest BCUT2D eigenvalue weighted by Crippen LogP contribution is 2.24. The van der Waals surface area contributed by atoms with Crippen LogP contribution in [0, 0.1) is 5.82 Å². The number of hydrogen-bond donors (Lipinski definition) is 1. The summed E-state index contributed by atoms with van der Waals surface area (Å²) in [6, 6.07) is 15.4. The fraction of sp³-hybridized carbons (Fsp3) is 0.150. The molecule has 0 saturated carbocycles. The summed E-state index contributed by atoms with van der Waals surface area (Å²) in [4.78, 5) is 12.0. The minimum atomic E-state index is -0.489. The van der Waals surface area contributed by atoms with Gasteiger partial charge in [0, 0.05) is 10.6 Å². The maximum absolute atomic E-state index is 13.7. The Labute approximate surface area is 155 Å². The van der Waals surface area contributed by atoms with E-state index in [4.69, 9.17) is 20.8 Å². The van der Waals surface area contributed by atoms with Gasteiger partial charge in [-0.2, -0.15) is 0 Å². The molecule has 3 rings (SSSR count).